The molecule has 0 bridgehead atoms. The molecule has 0 atom stereocenters. The topological polar surface area (TPSA) is 46.5 Å². The van der Waals surface area contributed by atoms with E-state index in [0.29, 0.717) is 0 Å². The van der Waals surface area contributed by atoms with Crippen LogP contribution in [0.4, 0.5) is 0 Å². The summed E-state index contributed by atoms with van der Waals surface area (Å²) in [5, 5.41) is 8.82. The molecular formula is C12H20O3. The maximum absolute atomic E-state index is 10.7. The van der Waals surface area contributed by atoms with Crippen molar-refractivity contribution in [3.05, 3.63) is 12.7 Å². The fourth-order valence-electron chi connectivity index (χ4n) is 1.95. The molecule has 0 aromatic carbocycles. The summed E-state index contributed by atoms with van der Waals surface area (Å²) in [7, 11) is 0. The van der Waals surface area contributed by atoms with Crippen LogP contribution in [0, 0.1) is 5.92 Å². The van der Waals surface area contributed by atoms with Gasteiger partial charge >= 0.3 is 5.97 Å². The summed E-state index contributed by atoms with van der Waals surface area (Å²) in [6.07, 6.45) is 7.50. The minimum atomic E-state index is -0.653. The zero-order valence-corrected chi connectivity index (χ0v) is 9.15. The summed E-state index contributed by atoms with van der Waals surface area (Å²) in [5.41, 5.74) is 0. The molecule has 0 aromatic heterocycles. The molecule has 1 aliphatic carbocycles. The minimum absolute atomic E-state index is 0.141. The maximum Gasteiger partial charge on any atom is 0.306 e. The average molecular weight is 212 g/mol. The molecule has 15 heavy (non-hydrogen) atoms. The van der Waals surface area contributed by atoms with Crippen LogP contribution >= 0.6 is 0 Å². The molecule has 3 nitrogen and oxygen atoms in total. The molecular weight excluding hydrogens is 192 g/mol. The molecule has 1 N–H and O–H groups in total. The third-order valence-electron chi connectivity index (χ3n) is 2.93. The highest BCUT2D eigenvalue weighted by Gasteiger charge is 2.25. The first kappa shape index (κ1) is 12.2. The number of hydrogen-bond acceptors (Lipinski definition) is 2. The Hall–Kier alpha value is -0.830. The Labute approximate surface area is 91.1 Å². The van der Waals surface area contributed by atoms with E-state index in [1.807, 2.05) is 6.08 Å². The normalized spacial score (nSPS) is 26.1. The van der Waals surface area contributed by atoms with Gasteiger partial charge in [-0.1, -0.05) is 6.08 Å². The molecule has 0 radical (unpaired) electrons. The first-order chi connectivity index (χ1) is 7.24. The van der Waals surface area contributed by atoms with Crippen molar-refractivity contribution in [2.24, 2.45) is 5.92 Å². The van der Waals surface area contributed by atoms with Gasteiger partial charge in [0.15, 0.2) is 0 Å². The molecule has 3 heteroatoms. The highest BCUT2D eigenvalue weighted by Crippen LogP contribution is 2.26. The van der Waals surface area contributed by atoms with E-state index in [-0.39, 0.29) is 12.0 Å². The molecule has 0 heterocycles. The summed E-state index contributed by atoms with van der Waals surface area (Å²) < 4.78 is 5.67. The SMILES string of the molecule is C=CCCCOC1CCC(C(=O)O)CC1. The summed E-state index contributed by atoms with van der Waals surface area (Å²) in [5.74, 6) is -0.793. The Kier molecular flexibility index (Phi) is 5.40. The highest BCUT2D eigenvalue weighted by atomic mass is 16.5. The molecule has 1 aliphatic rings. The molecule has 1 saturated carbocycles. The van der Waals surface area contributed by atoms with E-state index in [0.717, 1.165) is 45.1 Å². The van der Waals surface area contributed by atoms with Gasteiger partial charge in [-0.15, -0.1) is 6.58 Å². The van der Waals surface area contributed by atoms with Crippen LogP contribution in [0.25, 0.3) is 0 Å². The van der Waals surface area contributed by atoms with Gasteiger partial charge in [-0.2, -0.15) is 0 Å². The lowest BCUT2D eigenvalue weighted by atomic mass is 9.87. The van der Waals surface area contributed by atoms with Gasteiger partial charge in [-0.25, -0.2) is 0 Å². The summed E-state index contributed by atoms with van der Waals surface area (Å²) in [6, 6.07) is 0. The van der Waals surface area contributed by atoms with E-state index in [9.17, 15) is 4.79 Å². The first-order valence-electron chi connectivity index (χ1n) is 5.69. The summed E-state index contributed by atoms with van der Waals surface area (Å²) in [4.78, 5) is 10.7. The van der Waals surface area contributed by atoms with Gasteiger partial charge in [-0.05, 0) is 38.5 Å². The zero-order valence-electron chi connectivity index (χ0n) is 9.15. The standard InChI is InChI=1S/C12H20O3/c1-2-3-4-9-15-11-7-5-10(6-8-11)12(13)14/h2,10-11H,1,3-9H2,(H,13,14). The van der Waals surface area contributed by atoms with E-state index in [1.54, 1.807) is 0 Å². The lowest BCUT2D eigenvalue weighted by Gasteiger charge is -2.26. The van der Waals surface area contributed by atoms with E-state index in [1.165, 1.54) is 0 Å². The second-order valence-electron chi connectivity index (χ2n) is 4.11. The fraction of sp³-hybridized carbons (Fsp3) is 0.750. The van der Waals surface area contributed by atoms with Crippen molar-refractivity contribution in [1.82, 2.24) is 0 Å². The number of unbranched alkanes of at least 4 members (excludes halogenated alkanes) is 1. The number of hydrogen-bond donors (Lipinski definition) is 1. The monoisotopic (exact) mass is 212 g/mol. The van der Waals surface area contributed by atoms with Crippen LogP contribution in [0.2, 0.25) is 0 Å². The molecule has 1 fully saturated rings. The van der Waals surface area contributed by atoms with Gasteiger partial charge < -0.3 is 9.84 Å². The molecule has 0 aromatic rings. The number of carbonyl (C=O) groups is 1. The molecule has 0 spiro atoms. The van der Waals surface area contributed by atoms with Crippen molar-refractivity contribution in [2.45, 2.75) is 44.6 Å². The Bertz CT molecular complexity index is 205. The number of aliphatic carboxylic acids is 1. The van der Waals surface area contributed by atoms with Gasteiger partial charge in [-0.3, -0.25) is 4.79 Å². The lowest BCUT2D eigenvalue weighted by Crippen LogP contribution is -2.26. The predicted octanol–water partition coefficient (Wildman–Crippen LogP) is 2.61. The van der Waals surface area contributed by atoms with Crippen molar-refractivity contribution < 1.29 is 14.6 Å². The third-order valence-corrected chi connectivity index (χ3v) is 2.93. The van der Waals surface area contributed by atoms with Crippen LogP contribution in [-0.4, -0.2) is 23.8 Å². The molecule has 0 unspecified atom stereocenters. The summed E-state index contributed by atoms with van der Waals surface area (Å²) >= 11 is 0. The minimum Gasteiger partial charge on any atom is -0.481 e. The second-order valence-corrected chi connectivity index (χ2v) is 4.11. The summed E-state index contributed by atoms with van der Waals surface area (Å²) in [6.45, 7) is 4.43. The fourth-order valence-corrected chi connectivity index (χ4v) is 1.95. The molecule has 1 rings (SSSR count). The van der Waals surface area contributed by atoms with Crippen molar-refractivity contribution in [3.63, 3.8) is 0 Å². The van der Waals surface area contributed by atoms with Gasteiger partial charge in [0.1, 0.15) is 0 Å². The number of rotatable bonds is 6. The van der Waals surface area contributed by atoms with Crippen LogP contribution in [0.15, 0.2) is 12.7 Å². The molecule has 86 valence electrons. The molecule has 0 amide bonds. The van der Waals surface area contributed by atoms with E-state index in [2.05, 4.69) is 6.58 Å². The van der Waals surface area contributed by atoms with Gasteiger partial charge in [0.05, 0.1) is 12.0 Å². The Balaban J connectivity index is 2.09. The first-order valence-corrected chi connectivity index (χ1v) is 5.69. The van der Waals surface area contributed by atoms with E-state index >= 15 is 0 Å². The van der Waals surface area contributed by atoms with Gasteiger partial charge in [0, 0.05) is 6.61 Å². The Morgan fingerprint density at radius 2 is 2.07 bits per heavy atom. The Morgan fingerprint density at radius 1 is 1.40 bits per heavy atom. The van der Waals surface area contributed by atoms with Crippen molar-refractivity contribution in [1.29, 1.82) is 0 Å². The Morgan fingerprint density at radius 3 is 2.60 bits per heavy atom. The number of carboxylic acid groups (broad SMARTS) is 1. The smallest absolute Gasteiger partial charge is 0.306 e. The average Bonchev–Trinajstić information content (AvgIpc) is 2.25. The largest absolute Gasteiger partial charge is 0.481 e. The quantitative estimate of drug-likeness (QED) is 0.544. The number of allylic oxidation sites excluding steroid dienone is 1. The van der Waals surface area contributed by atoms with Crippen LogP contribution in [0.5, 0.6) is 0 Å². The maximum atomic E-state index is 10.7. The third kappa shape index (κ3) is 4.47. The molecule has 0 aliphatic heterocycles. The van der Waals surface area contributed by atoms with Gasteiger partial charge in [0.25, 0.3) is 0 Å². The van der Waals surface area contributed by atoms with Crippen molar-refractivity contribution in [3.8, 4) is 0 Å². The molecule has 0 saturated heterocycles. The zero-order chi connectivity index (χ0) is 11.1. The van der Waals surface area contributed by atoms with Gasteiger partial charge in [0.2, 0.25) is 0 Å². The van der Waals surface area contributed by atoms with Crippen molar-refractivity contribution >= 4 is 5.97 Å². The van der Waals surface area contributed by atoms with Crippen LogP contribution < -0.4 is 0 Å². The second kappa shape index (κ2) is 6.62. The van der Waals surface area contributed by atoms with Crippen molar-refractivity contribution in [2.75, 3.05) is 6.61 Å². The highest BCUT2D eigenvalue weighted by molar-refractivity contribution is 5.69. The van der Waals surface area contributed by atoms with E-state index in [4.69, 9.17) is 9.84 Å². The number of ether oxygens (including phenoxy) is 1. The van der Waals surface area contributed by atoms with Crippen LogP contribution in [0.3, 0.4) is 0 Å². The lowest BCUT2D eigenvalue weighted by molar-refractivity contribution is -0.143. The van der Waals surface area contributed by atoms with Crippen LogP contribution in [0.1, 0.15) is 38.5 Å². The predicted molar refractivity (Wildman–Crippen MR) is 58.8 cm³/mol. The van der Waals surface area contributed by atoms with Crippen LogP contribution in [-0.2, 0) is 9.53 Å². The number of carboxylic acids is 1. The van der Waals surface area contributed by atoms with E-state index < -0.39 is 5.97 Å².